The molecule has 0 saturated carbocycles. The highest BCUT2D eigenvalue weighted by atomic mass is 19.1. The number of benzene rings is 1. The van der Waals surface area contributed by atoms with Crippen LogP contribution in [0.2, 0.25) is 0 Å². The standard InChI is InChI=1S/C13H16F2N2O/c14-10-2-1-3-11(15)13(10)12(18)8-17-6-4-9(16)5-7-17/h1-3,9H,4-8,16H2. The first kappa shape index (κ1) is 13.1. The fraction of sp³-hybridized carbons (Fsp3) is 0.462. The van der Waals surface area contributed by atoms with Crippen LogP contribution in [-0.4, -0.2) is 36.4 Å². The largest absolute Gasteiger partial charge is 0.328 e. The molecule has 1 saturated heterocycles. The van der Waals surface area contributed by atoms with Gasteiger partial charge in [0.05, 0.1) is 12.1 Å². The number of hydrogen-bond donors (Lipinski definition) is 1. The van der Waals surface area contributed by atoms with Crippen LogP contribution in [0.3, 0.4) is 0 Å². The Balaban J connectivity index is 2.04. The van der Waals surface area contributed by atoms with Gasteiger partial charge in [-0.05, 0) is 25.0 Å². The summed E-state index contributed by atoms with van der Waals surface area (Å²) in [5.74, 6) is -2.11. The van der Waals surface area contributed by atoms with Crippen molar-refractivity contribution in [2.24, 2.45) is 5.73 Å². The van der Waals surface area contributed by atoms with Crippen LogP contribution in [-0.2, 0) is 0 Å². The third-order valence-electron chi connectivity index (χ3n) is 3.24. The van der Waals surface area contributed by atoms with Crippen molar-refractivity contribution in [3.05, 3.63) is 35.4 Å². The molecule has 0 amide bonds. The number of carbonyl (C=O) groups excluding carboxylic acids is 1. The molecule has 3 nitrogen and oxygen atoms in total. The fourth-order valence-electron chi connectivity index (χ4n) is 2.16. The van der Waals surface area contributed by atoms with E-state index in [1.165, 1.54) is 6.07 Å². The summed E-state index contributed by atoms with van der Waals surface area (Å²) in [6, 6.07) is 3.62. The maximum Gasteiger partial charge on any atom is 0.182 e. The Hall–Kier alpha value is -1.33. The summed E-state index contributed by atoms with van der Waals surface area (Å²) in [5, 5.41) is 0. The highest BCUT2D eigenvalue weighted by molar-refractivity contribution is 5.98. The lowest BCUT2D eigenvalue weighted by molar-refractivity contribution is 0.0901. The van der Waals surface area contributed by atoms with E-state index in [0.717, 1.165) is 25.0 Å². The van der Waals surface area contributed by atoms with E-state index in [1.807, 2.05) is 4.90 Å². The molecule has 0 aromatic heterocycles. The lowest BCUT2D eigenvalue weighted by atomic mass is 10.0. The molecular formula is C13H16F2N2O. The third kappa shape index (κ3) is 2.91. The van der Waals surface area contributed by atoms with Crippen molar-refractivity contribution in [1.29, 1.82) is 0 Å². The zero-order valence-electron chi connectivity index (χ0n) is 10.0. The second-order valence-corrected chi connectivity index (χ2v) is 4.63. The summed E-state index contributed by atoms with van der Waals surface area (Å²) in [7, 11) is 0. The Morgan fingerprint density at radius 2 is 1.83 bits per heavy atom. The third-order valence-corrected chi connectivity index (χ3v) is 3.24. The van der Waals surface area contributed by atoms with Crippen molar-refractivity contribution in [3.8, 4) is 0 Å². The van der Waals surface area contributed by atoms with Gasteiger partial charge in [-0.15, -0.1) is 0 Å². The minimum Gasteiger partial charge on any atom is -0.328 e. The van der Waals surface area contributed by atoms with E-state index in [2.05, 4.69) is 0 Å². The Bertz CT molecular complexity index is 422. The molecule has 1 fully saturated rings. The first-order chi connectivity index (χ1) is 8.58. The van der Waals surface area contributed by atoms with Gasteiger partial charge < -0.3 is 5.73 Å². The molecule has 98 valence electrons. The molecule has 1 aromatic carbocycles. The number of carbonyl (C=O) groups is 1. The lowest BCUT2D eigenvalue weighted by Crippen LogP contribution is -2.42. The van der Waals surface area contributed by atoms with Crippen molar-refractivity contribution in [2.45, 2.75) is 18.9 Å². The molecule has 1 aliphatic heterocycles. The number of halogens is 2. The molecule has 18 heavy (non-hydrogen) atoms. The molecule has 5 heteroatoms. The summed E-state index contributed by atoms with van der Waals surface area (Å²) in [6.45, 7) is 1.44. The maximum absolute atomic E-state index is 13.4. The molecule has 0 aliphatic carbocycles. The number of likely N-dealkylation sites (tertiary alicyclic amines) is 1. The highest BCUT2D eigenvalue weighted by Gasteiger charge is 2.22. The molecule has 1 aromatic rings. The number of nitrogens with two attached hydrogens (primary N) is 1. The summed E-state index contributed by atoms with van der Waals surface area (Å²) in [5.41, 5.74) is 5.32. The van der Waals surface area contributed by atoms with Gasteiger partial charge in [0.25, 0.3) is 0 Å². The molecule has 0 bridgehead atoms. The van der Waals surface area contributed by atoms with Crippen molar-refractivity contribution in [2.75, 3.05) is 19.6 Å². The van der Waals surface area contributed by atoms with Crippen molar-refractivity contribution in [1.82, 2.24) is 4.90 Å². The van der Waals surface area contributed by atoms with Gasteiger partial charge in [-0.25, -0.2) is 8.78 Å². The molecular weight excluding hydrogens is 238 g/mol. The summed E-state index contributed by atoms with van der Waals surface area (Å²) < 4.78 is 26.8. The average Bonchev–Trinajstić information content (AvgIpc) is 2.32. The van der Waals surface area contributed by atoms with Gasteiger partial charge in [0, 0.05) is 19.1 Å². The highest BCUT2D eigenvalue weighted by Crippen LogP contribution is 2.15. The van der Waals surface area contributed by atoms with Gasteiger partial charge in [0.15, 0.2) is 5.78 Å². The van der Waals surface area contributed by atoms with E-state index in [1.54, 1.807) is 0 Å². The predicted octanol–water partition coefficient (Wildman–Crippen LogP) is 1.57. The maximum atomic E-state index is 13.4. The molecule has 1 aliphatic rings. The van der Waals surface area contributed by atoms with Gasteiger partial charge in [-0.1, -0.05) is 6.07 Å². The average molecular weight is 254 g/mol. The summed E-state index contributed by atoms with van der Waals surface area (Å²) in [4.78, 5) is 13.8. The van der Waals surface area contributed by atoms with Crippen LogP contribution in [0.1, 0.15) is 23.2 Å². The molecule has 0 spiro atoms. The molecule has 2 N–H and O–H groups in total. The first-order valence-electron chi connectivity index (χ1n) is 6.03. The van der Waals surface area contributed by atoms with Crippen molar-refractivity contribution in [3.63, 3.8) is 0 Å². The Kier molecular flexibility index (Phi) is 4.04. The summed E-state index contributed by atoms with van der Waals surface area (Å²) >= 11 is 0. The van der Waals surface area contributed by atoms with Crippen molar-refractivity contribution < 1.29 is 13.6 Å². The minimum absolute atomic E-state index is 0.0462. The second kappa shape index (κ2) is 5.54. The van der Waals surface area contributed by atoms with Gasteiger partial charge >= 0.3 is 0 Å². The van der Waals surface area contributed by atoms with E-state index in [0.29, 0.717) is 13.1 Å². The zero-order valence-corrected chi connectivity index (χ0v) is 10.0. The normalized spacial score (nSPS) is 17.9. The Morgan fingerprint density at radius 1 is 1.28 bits per heavy atom. The number of nitrogens with zero attached hydrogens (tertiary/aromatic N) is 1. The van der Waals surface area contributed by atoms with Gasteiger partial charge in [-0.3, -0.25) is 9.69 Å². The number of piperidine rings is 1. The van der Waals surface area contributed by atoms with Crippen LogP contribution in [0.5, 0.6) is 0 Å². The van der Waals surface area contributed by atoms with Gasteiger partial charge in [0.2, 0.25) is 0 Å². The Morgan fingerprint density at radius 3 is 2.39 bits per heavy atom. The van der Waals surface area contributed by atoms with E-state index in [9.17, 15) is 13.6 Å². The zero-order chi connectivity index (χ0) is 13.1. The number of hydrogen-bond acceptors (Lipinski definition) is 3. The number of Topliss-reactive ketones (excluding diaryl/α,β-unsaturated/α-hetero) is 1. The van der Waals surface area contributed by atoms with Crippen molar-refractivity contribution >= 4 is 5.78 Å². The van der Waals surface area contributed by atoms with Crippen LogP contribution in [0.4, 0.5) is 8.78 Å². The summed E-state index contributed by atoms with van der Waals surface area (Å²) in [6.07, 6.45) is 1.63. The predicted molar refractivity (Wildman–Crippen MR) is 64.3 cm³/mol. The van der Waals surface area contributed by atoms with Crippen LogP contribution in [0, 0.1) is 11.6 Å². The Labute approximate surface area is 105 Å². The quantitative estimate of drug-likeness (QED) is 0.833. The van der Waals surface area contributed by atoms with Crippen LogP contribution in [0.15, 0.2) is 18.2 Å². The fourth-order valence-corrected chi connectivity index (χ4v) is 2.16. The second-order valence-electron chi connectivity index (χ2n) is 4.63. The SMILES string of the molecule is NC1CCN(CC(=O)c2c(F)cccc2F)CC1. The first-order valence-corrected chi connectivity index (χ1v) is 6.03. The van der Waals surface area contributed by atoms with E-state index < -0.39 is 23.0 Å². The minimum atomic E-state index is -0.797. The van der Waals surface area contributed by atoms with Crippen LogP contribution in [0.25, 0.3) is 0 Å². The molecule has 2 rings (SSSR count). The smallest absolute Gasteiger partial charge is 0.182 e. The van der Waals surface area contributed by atoms with Gasteiger partial charge in [0.1, 0.15) is 11.6 Å². The van der Waals surface area contributed by atoms with E-state index in [4.69, 9.17) is 5.73 Å². The lowest BCUT2D eigenvalue weighted by Gasteiger charge is -2.29. The molecule has 0 radical (unpaired) electrons. The van der Waals surface area contributed by atoms with Crippen LogP contribution >= 0.6 is 0 Å². The molecule has 1 heterocycles. The number of ketones is 1. The topological polar surface area (TPSA) is 46.3 Å². The molecule has 0 atom stereocenters. The van der Waals surface area contributed by atoms with E-state index >= 15 is 0 Å². The monoisotopic (exact) mass is 254 g/mol. The number of rotatable bonds is 3. The molecule has 0 unspecified atom stereocenters. The van der Waals surface area contributed by atoms with Gasteiger partial charge in [-0.2, -0.15) is 0 Å². The van der Waals surface area contributed by atoms with Crippen LogP contribution < -0.4 is 5.73 Å². The van der Waals surface area contributed by atoms with E-state index in [-0.39, 0.29) is 12.6 Å².